The van der Waals surface area contributed by atoms with Crippen molar-refractivity contribution < 1.29 is 4.74 Å². The number of halogens is 1. The molecule has 2 nitrogen and oxygen atoms in total. The van der Waals surface area contributed by atoms with Gasteiger partial charge >= 0.3 is 0 Å². The molecule has 0 aromatic heterocycles. The number of aliphatic imine (C=N–C) groups is 1. The Morgan fingerprint density at radius 3 is 2.57 bits per heavy atom. The highest BCUT2D eigenvalue weighted by molar-refractivity contribution is 9.09. The first kappa shape index (κ1) is 12.0. The van der Waals surface area contributed by atoms with Crippen molar-refractivity contribution in [3.05, 3.63) is 0 Å². The maximum absolute atomic E-state index is 5.52. The standard InChI is InChI=1S/C11H20BrNO/c1-11(2)9-14-10(13-11)7-5-3-4-6-8-12/h3-9H2,1-2H3. The van der Waals surface area contributed by atoms with Crippen molar-refractivity contribution in [1.29, 1.82) is 0 Å². The van der Waals surface area contributed by atoms with Crippen molar-refractivity contribution in [3.8, 4) is 0 Å². The zero-order chi connectivity index (χ0) is 10.4. The zero-order valence-corrected chi connectivity index (χ0v) is 10.8. The average Bonchev–Trinajstić information content (AvgIpc) is 2.45. The second-order valence-corrected chi connectivity index (χ2v) is 5.25. The van der Waals surface area contributed by atoms with E-state index in [1.54, 1.807) is 0 Å². The fourth-order valence-electron chi connectivity index (χ4n) is 1.51. The molecule has 0 aromatic rings. The number of hydrogen-bond donors (Lipinski definition) is 0. The van der Waals surface area contributed by atoms with E-state index < -0.39 is 0 Å². The summed E-state index contributed by atoms with van der Waals surface area (Å²) in [5.41, 5.74) is 0.0190. The number of ether oxygens (including phenoxy) is 1. The van der Waals surface area contributed by atoms with Crippen LogP contribution in [0.2, 0.25) is 0 Å². The van der Waals surface area contributed by atoms with Crippen LogP contribution >= 0.6 is 15.9 Å². The van der Waals surface area contributed by atoms with Gasteiger partial charge in [0.25, 0.3) is 0 Å². The Balaban J connectivity index is 2.08. The summed E-state index contributed by atoms with van der Waals surface area (Å²) in [7, 11) is 0. The van der Waals surface area contributed by atoms with Crippen LogP contribution in [-0.4, -0.2) is 23.4 Å². The van der Waals surface area contributed by atoms with Gasteiger partial charge in [-0.25, -0.2) is 4.99 Å². The van der Waals surface area contributed by atoms with E-state index in [9.17, 15) is 0 Å². The molecule has 82 valence electrons. The molecule has 14 heavy (non-hydrogen) atoms. The Morgan fingerprint density at radius 2 is 2.00 bits per heavy atom. The minimum atomic E-state index is 0.0190. The van der Waals surface area contributed by atoms with Crippen LogP contribution < -0.4 is 0 Å². The highest BCUT2D eigenvalue weighted by atomic mass is 79.9. The second kappa shape index (κ2) is 5.74. The number of hydrogen-bond acceptors (Lipinski definition) is 2. The average molecular weight is 262 g/mol. The first-order valence-corrected chi connectivity index (χ1v) is 6.54. The molecule has 0 aromatic carbocycles. The molecular formula is C11H20BrNO. The molecule has 1 heterocycles. The van der Waals surface area contributed by atoms with E-state index in [0.29, 0.717) is 0 Å². The second-order valence-electron chi connectivity index (χ2n) is 4.46. The molecule has 1 rings (SSSR count). The number of unbranched alkanes of at least 4 members (excludes halogenated alkanes) is 3. The van der Waals surface area contributed by atoms with E-state index >= 15 is 0 Å². The number of alkyl halides is 1. The molecule has 3 heteroatoms. The molecule has 0 bridgehead atoms. The van der Waals surface area contributed by atoms with E-state index in [1.807, 2.05) is 0 Å². The minimum absolute atomic E-state index is 0.0190. The smallest absolute Gasteiger partial charge is 0.183 e. The van der Waals surface area contributed by atoms with E-state index in [0.717, 1.165) is 24.3 Å². The van der Waals surface area contributed by atoms with E-state index in [4.69, 9.17) is 4.74 Å². The molecule has 0 aliphatic carbocycles. The molecule has 0 N–H and O–H groups in total. The van der Waals surface area contributed by atoms with Gasteiger partial charge in [-0.1, -0.05) is 28.8 Å². The SMILES string of the molecule is CC1(C)COC(CCCCCCBr)=N1. The quantitative estimate of drug-likeness (QED) is 0.530. The van der Waals surface area contributed by atoms with Crippen LogP contribution in [0, 0.1) is 0 Å². The van der Waals surface area contributed by atoms with Crippen molar-refractivity contribution in [2.24, 2.45) is 4.99 Å². The molecule has 0 saturated heterocycles. The Hall–Kier alpha value is -0.0500. The molecule has 1 aliphatic rings. The Morgan fingerprint density at radius 1 is 1.29 bits per heavy atom. The molecule has 0 radical (unpaired) electrons. The summed E-state index contributed by atoms with van der Waals surface area (Å²) in [6.07, 6.45) is 6.10. The van der Waals surface area contributed by atoms with Crippen molar-refractivity contribution in [2.75, 3.05) is 11.9 Å². The van der Waals surface area contributed by atoms with Gasteiger partial charge in [0.2, 0.25) is 0 Å². The molecule has 0 unspecified atom stereocenters. The van der Waals surface area contributed by atoms with Crippen LogP contribution in [-0.2, 0) is 4.74 Å². The van der Waals surface area contributed by atoms with Gasteiger partial charge < -0.3 is 4.74 Å². The molecular weight excluding hydrogens is 242 g/mol. The molecule has 0 atom stereocenters. The largest absolute Gasteiger partial charge is 0.478 e. The van der Waals surface area contributed by atoms with E-state index in [2.05, 4.69) is 34.8 Å². The van der Waals surface area contributed by atoms with E-state index in [-0.39, 0.29) is 5.54 Å². The number of nitrogens with zero attached hydrogens (tertiary/aromatic N) is 1. The molecule has 0 saturated carbocycles. The number of rotatable bonds is 6. The van der Waals surface area contributed by atoms with Gasteiger partial charge in [-0.3, -0.25) is 0 Å². The first-order chi connectivity index (χ1) is 6.64. The van der Waals surface area contributed by atoms with Crippen LogP contribution in [0.25, 0.3) is 0 Å². The highest BCUT2D eigenvalue weighted by Crippen LogP contribution is 2.19. The summed E-state index contributed by atoms with van der Waals surface area (Å²) in [4.78, 5) is 4.52. The maximum Gasteiger partial charge on any atom is 0.183 e. The lowest BCUT2D eigenvalue weighted by Gasteiger charge is -2.07. The van der Waals surface area contributed by atoms with Crippen molar-refractivity contribution in [2.45, 2.75) is 51.5 Å². The third kappa shape index (κ3) is 4.45. The lowest BCUT2D eigenvalue weighted by molar-refractivity contribution is 0.273. The van der Waals surface area contributed by atoms with Crippen molar-refractivity contribution in [3.63, 3.8) is 0 Å². The molecule has 0 amide bonds. The van der Waals surface area contributed by atoms with Crippen LogP contribution in [0.5, 0.6) is 0 Å². The van der Waals surface area contributed by atoms with Gasteiger partial charge in [-0.2, -0.15) is 0 Å². The maximum atomic E-state index is 5.52. The Bertz CT molecular complexity index is 201. The lowest BCUT2D eigenvalue weighted by atomic mass is 10.1. The molecule has 1 aliphatic heterocycles. The van der Waals surface area contributed by atoms with Gasteiger partial charge in [0.05, 0.1) is 5.54 Å². The van der Waals surface area contributed by atoms with Crippen LogP contribution in [0.1, 0.15) is 46.0 Å². The summed E-state index contributed by atoms with van der Waals surface area (Å²) in [6.45, 7) is 4.99. The normalized spacial score (nSPS) is 19.2. The van der Waals surface area contributed by atoms with Gasteiger partial charge in [0.1, 0.15) is 6.61 Å². The first-order valence-electron chi connectivity index (χ1n) is 5.41. The fourth-order valence-corrected chi connectivity index (χ4v) is 1.91. The van der Waals surface area contributed by atoms with Gasteiger partial charge in [0, 0.05) is 11.8 Å². The molecule has 0 spiro atoms. The summed E-state index contributed by atoms with van der Waals surface area (Å²) in [6, 6.07) is 0. The summed E-state index contributed by atoms with van der Waals surface area (Å²) < 4.78 is 5.52. The molecule has 0 fully saturated rings. The summed E-state index contributed by atoms with van der Waals surface area (Å²) in [5, 5.41) is 1.12. The Labute approximate surface area is 95.3 Å². The zero-order valence-electron chi connectivity index (χ0n) is 9.18. The lowest BCUT2D eigenvalue weighted by Crippen LogP contribution is -2.17. The fraction of sp³-hybridized carbons (Fsp3) is 0.909. The highest BCUT2D eigenvalue weighted by Gasteiger charge is 2.25. The van der Waals surface area contributed by atoms with E-state index in [1.165, 1.54) is 25.7 Å². The minimum Gasteiger partial charge on any atom is -0.478 e. The predicted octanol–water partition coefficient (Wildman–Crippen LogP) is 3.54. The van der Waals surface area contributed by atoms with Gasteiger partial charge in [0.15, 0.2) is 5.90 Å². The third-order valence-electron chi connectivity index (χ3n) is 2.29. The van der Waals surface area contributed by atoms with Crippen LogP contribution in [0.15, 0.2) is 4.99 Å². The van der Waals surface area contributed by atoms with Crippen LogP contribution in [0.3, 0.4) is 0 Å². The third-order valence-corrected chi connectivity index (χ3v) is 2.85. The predicted molar refractivity (Wildman–Crippen MR) is 64.3 cm³/mol. The van der Waals surface area contributed by atoms with Gasteiger partial charge in [-0.05, 0) is 26.7 Å². The summed E-state index contributed by atoms with van der Waals surface area (Å²) >= 11 is 3.43. The summed E-state index contributed by atoms with van der Waals surface area (Å²) in [5.74, 6) is 0.967. The van der Waals surface area contributed by atoms with Crippen LogP contribution in [0.4, 0.5) is 0 Å². The van der Waals surface area contributed by atoms with Gasteiger partial charge in [-0.15, -0.1) is 0 Å². The Kier molecular flexibility index (Phi) is 4.93. The van der Waals surface area contributed by atoms with Crippen molar-refractivity contribution in [1.82, 2.24) is 0 Å². The topological polar surface area (TPSA) is 21.6 Å². The monoisotopic (exact) mass is 261 g/mol. The van der Waals surface area contributed by atoms with Crippen molar-refractivity contribution >= 4 is 21.8 Å².